The van der Waals surface area contributed by atoms with E-state index in [2.05, 4.69) is 41.5 Å². The highest BCUT2D eigenvalue weighted by Crippen LogP contribution is 2.37. The summed E-state index contributed by atoms with van der Waals surface area (Å²) in [7, 11) is 0. The summed E-state index contributed by atoms with van der Waals surface area (Å²) in [6.45, 7) is 18.6. The molecule has 2 nitrogen and oxygen atoms in total. The molecule has 0 radical (unpaired) electrons. The van der Waals surface area contributed by atoms with Crippen LogP contribution in [0, 0.1) is 16.2 Å². The molecule has 0 saturated heterocycles. The Morgan fingerprint density at radius 2 is 1.29 bits per heavy atom. The van der Waals surface area contributed by atoms with Gasteiger partial charge in [-0.25, -0.2) is 0 Å². The number of carbonyl (C=O) groups excluding carboxylic acids is 1. The molecule has 0 N–H and O–H groups in total. The van der Waals surface area contributed by atoms with Gasteiger partial charge in [-0.2, -0.15) is 0 Å². The van der Waals surface area contributed by atoms with Crippen LogP contribution in [0.4, 0.5) is 0 Å². The molecule has 0 amide bonds. The second-order valence-corrected chi connectivity index (χ2v) is 7.75. The van der Waals surface area contributed by atoms with E-state index >= 15 is 0 Å². The minimum absolute atomic E-state index is 0.0439. The zero-order valence-corrected chi connectivity index (χ0v) is 13.1. The van der Waals surface area contributed by atoms with Crippen molar-refractivity contribution in [3.8, 4) is 0 Å². The van der Waals surface area contributed by atoms with Crippen molar-refractivity contribution in [2.45, 2.75) is 74.8 Å². The molecular formula is C15H30O2. The molecule has 102 valence electrons. The van der Waals surface area contributed by atoms with Gasteiger partial charge < -0.3 is 4.74 Å². The Bertz CT molecular complexity index is 250. The molecule has 0 atom stereocenters. The largest absolute Gasteiger partial charge is 0.461 e. The van der Waals surface area contributed by atoms with Gasteiger partial charge in [0.25, 0.3) is 0 Å². The topological polar surface area (TPSA) is 26.3 Å². The Morgan fingerprint density at radius 3 is 1.53 bits per heavy atom. The van der Waals surface area contributed by atoms with Crippen LogP contribution in [0.15, 0.2) is 0 Å². The lowest BCUT2D eigenvalue weighted by molar-refractivity contribution is -0.174. The SMILES string of the molecule is CCC(C)(C)C(=O)OC(C(C)(C)C)C(C)(C)C. The normalized spacial score (nSPS) is 14.0. The maximum absolute atomic E-state index is 12.2. The van der Waals surface area contributed by atoms with Crippen LogP contribution in [-0.2, 0) is 9.53 Å². The Labute approximate surface area is 107 Å². The van der Waals surface area contributed by atoms with E-state index < -0.39 is 5.41 Å². The quantitative estimate of drug-likeness (QED) is 0.684. The molecule has 0 aromatic rings. The third-order valence-electron chi connectivity index (χ3n) is 3.23. The molecule has 0 bridgehead atoms. The predicted octanol–water partition coefficient (Wildman–Crippen LogP) is 4.43. The van der Waals surface area contributed by atoms with Gasteiger partial charge in [0, 0.05) is 0 Å². The van der Waals surface area contributed by atoms with Crippen LogP contribution < -0.4 is 0 Å². The van der Waals surface area contributed by atoms with Crippen molar-refractivity contribution in [3.05, 3.63) is 0 Å². The van der Waals surface area contributed by atoms with Crippen molar-refractivity contribution in [1.82, 2.24) is 0 Å². The van der Waals surface area contributed by atoms with Crippen molar-refractivity contribution >= 4 is 5.97 Å². The zero-order chi connectivity index (χ0) is 14.1. The van der Waals surface area contributed by atoms with Crippen LogP contribution in [0.2, 0.25) is 0 Å². The molecule has 0 fully saturated rings. The fourth-order valence-electron chi connectivity index (χ4n) is 2.06. The maximum Gasteiger partial charge on any atom is 0.311 e. The Kier molecular flexibility index (Phi) is 4.84. The summed E-state index contributed by atoms with van der Waals surface area (Å²) in [5.74, 6) is -0.0881. The first-order valence-electron chi connectivity index (χ1n) is 6.53. The summed E-state index contributed by atoms with van der Waals surface area (Å²) in [5.41, 5.74) is -0.482. The highest BCUT2D eigenvalue weighted by Gasteiger charge is 2.40. The van der Waals surface area contributed by atoms with E-state index in [1.165, 1.54) is 0 Å². The van der Waals surface area contributed by atoms with Crippen LogP contribution >= 0.6 is 0 Å². The molecule has 0 aliphatic carbocycles. The minimum Gasteiger partial charge on any atom is -0.461 e. The first-order chi connectivity index (χ1) is 7.32. The van der Waals surface area contributed by atoms with E-state index in [0.29, 0.717) is 0 Å². The van der Waals surface area contributed by atoms with E-state index in [0.717, 1.165) is 6.42 Å². The van der Waals surface area contributed by atoms with Crippen molar-refractivity contribution in [1.29, 1.82) is 0 Å². The lowest BCUT2D eigenvalue weighted by atomic mass is 9.74. The van der Waals surface area contributed by atoms with Gasteiger partial charge in [-0.15, -0.1) is 0 Å². The third-order valence-corrected chi connectivity index (χ3v) is 3.23. The summed E-state index contributed by atoms with van der Waals surface area (Å²) in [6.07, 6.45) is 0.723. The smallest absolute Gasteiger partial charge is 0.311 e. The molecule has 0 saturated carbocycles. The molecule has 17 heavy (non-hydrogen) atoms. The van der Waals surface area contributed by atoms with Gasteiger partial charge in [-0.05, 0) is 31.1 Å². The van der Waals surface area contributed by atoms with Crippen molar-refractivity contribution in [2.75, 3.05) is 0 Å². The van der Waals surface area contributed by atoms with Crippen molar-refractivity contribution in [2.24, 2.45) is 16.2 Å². The fraction of sp³-hybridized carbons (Fsp3) is 0.933. The average Bonchev–Trinajstić information content (AvgIpc) is 2.09. The van der Waals surface area contributed by atoms with Gasteiger partial charge in [-0.3, -0.25) is 4.79 Å². The lowest BCUT2D eigenvalue weighted by Crippen LogP contribution is -2.44. The number of rotatable bonds is 3. The Balaban J connectivity index is 4.99. The molecule has 2 heteroatoms. The number of hydrogen-bond acceptors (Lipinski definition) is 2. The first kappa shape index (κ1) is 16.5. The first-order valence-corrected chi connectivity index (χ1v) is 6.53. The van der Waals surface area contributed by atoms with E-state index in [9.17, 15) is 4.79 Å². The van der Waals surface area contributed by atoms with Gasteiger partial charge in [0.15, 0.2) is 0 Å². The van der Waals surface area contributed by atoms with E-state index in [1.807, 2.05) is 20.8 Å². The fourth-order valence-corrected chi connectivity index (χ4v) is 2.06. The summed E-state index contributed by atoms with van der Waals surface area (Å²) in [5, 5.41) is 0. The van der Waals surface area contributed by atoms with E-state index in [-0.39, 0.29) is 22.9 Å². The summed E-state index contributed by atoms with van der Waals surface area (Å²) >= 11 is 0. The van der Waals surface area contributed by atoms with E-state index in [1.54, 1.807) is 0 Å². The highest BCUT2D eigenvalue weighted by molar-refractivity contribution is 5.76. The summed E-state index contributed by atoms with van der Waals surface area (Å²) < 4.78 is 5.80. The van der Waals surface area contributed by atoms with E-state index in [4.69, 9.17) is 4.74 Å². The molecule has 0 aromatic heterocycles. The summed E-state index contributed by atoms with van der Waals surface area (Å²) in [6, 6.07) is 0. The van der Waals surface area contributed by atoms with Gasteiger partial charge in [0.1, 0.15) is 6.10 Å². The molecule has 0 aromatic carbocycles. The Morgan fingerprint density at radius 1 is 0.941 bits per heavy atom. The van der Waals surface area contributed by atoms with Gasteiger partial charge >= 0.3 is 5.97 Å². The zero-order valence-electron chi connectivity index (χ0n) is 13.1. The second kappa shape index (κ2) is 4.99. The molecular weight excluding hydrogens is 212 g/mol. The maximum atomic E-state index is 12.2. The van der Waals surface area contributed by atoms with Crippen molar-refractivity contribution < 1.29 is 9.53 Å². The minimum atomic E-state index is -0.394. The highest BCUT2D eigenvalue weighted by atomic mass is 16.5. The number of carbonyl (C=O) groups is 1. The predicted molar refractivity (Wildman–Crippen MR) is 72.9 cm³/mol. The van der Waals surface area contributed by atoms with Crippen LogP contribution in [-0.4, -0.2) is 12.1 Å². The van der Waals surface area contributed by atoms with Gasteiger partial charge in [0.2, 0.25) is 0 Å². The molecule has 0 aliphatic rings. The molecule has 0 aliphatic heterocycles. The molecule has 0 rings (SSSR count). The number of esters is 1. The molecule has 0 spiro atoms. The monoisotopic (exact) mass is 242 g/mol. The average molecular weight is 242 g/mol. The number of hydrogen-bond donors (Lipinski definition) is 0. The van der Waals surface area contributed by atoms with Gasteiger partial charge in [-0.1, -0.05) is 48.5 Å². The van der Waals surface area contributed by atoms with Crippen LogP contribution in [0.1, 0.15) is 68.7 Å². The third kappa shape index (κ3) is 4.69. The lowest BCUT2D eigenvalue weighted by Gasteiger charge is -2.41. The Hall–Kier alpha value is -0.530. The standard InChI is InChI=1S/C15H30O2/c1-10-15(8,9)12(16)17-11(13(2,3)4)14(5,6)7/h11H,10H2,1-9H3. The molecule has 0 heterocycles. The van der Waals surface area contributed by atoms with Crippen LogP contribution in [0.5, 0.6) is 0 Å². The summed E-state index contributed by atoms with van der Waals surface area (Å²) in [4.78, 5) is 12.2. The molecule has 0 unspecified atom stereocenters. The second-order valence-electron chi connectivity index (χ2n) is 7.75. The van der Waals surface area contributed by atoms with Gasteiger partial charge in [0.05, 0.1) is 5.41 Å². The van der Waals surface area contributed by atoms with Crippen LogP contribution in [0.25, 0.3) is 0 Å². The van der Waals surface area contributed by atoms with Crippen molar-refractivity contribution in [3.63, 3.8) is 0 Å². The number of ether oxygens (including phenoxy) is 1. The van der Waals surface area contributed by atoms with Crippen LogP contribution in [0.3, 0.4) is 0 Å².